The van der Waals surface area contributed by atoms with Gasteiger partial charge in [0.2, 0.25) is 0 Å². The van der Waals surface area contributed by atoms with E-state index in [-0.39, 0.29) is 5.60 Å². The van der Waals surface area contributed by atoms with Gasteiger partial charge in [0, 0.05) is 38.3 Å². The lowest BCUT2D eigenvalue weighted by molar-refractivity contribution is -0.149. The molecule has 2 aliphatic heterocycles. The maximum absolute atomic E-state index is 6.08. The smallest absolute Gasteiger partial charge is 0.0631 e. The molecule has 5 nitrogen and oxygen atoms in total. The zero-order valence-electron chi connectivity index (χ0n) is 20.8. The molecule has 2 saturated heterocycles. The van der Waals surface area contributed by atoms with Gasteiger partial charge in [-0.1, -0.05) is 0 Å². The molecule has 0 amide bonds. The standard InChI is InChI=1S/C25H49N3O2/c1-24(2,3)28-15-13-27(14-16-28)12-9-21-7-10-26(11-8-21)17-18-29-22-19-23(20-22)30-25(4,5)6/h21-23H,7-20H2,1-6H3. The number of hydrogen-bond donors (Lipinski definition) is 0. The lowest BCUT2D eigenvalue weighted by Gasteiger charge is -2.42. The Labute approximate surface area is 186 Å². The van der Waals surface area contributed by atoms with Crippen molar-refractivity contribution in [3.63, 3.8) is 0 Å². The molecule has 0 bridgehead atoms. The highest BCUT2D eigenvalue weighted by Crippen LogP contribution is 2.30. The molecule has 3 fully saturated rings. The van der Waals surface area contributed by atoms with Crippen LogP contribution in [0.4, 0.5) is 0 Å². The first-order valence-corrected chi connectivity index (χ1v) is 12.6. The number of ether oxygens (including phenoxy) is 2. The molecule has 2 heterocycles. The lowest BCUT2D eigenvalue weighted by atomic mass is 9.91. The maximum atomic E-state index is 6.08. The van der Waals surface area contributed by atoms with Gasteiger partial charge in [-0.3, -0.25) is 4.90 Å². The summed E-state index contributed by atoms with van der Waals surface area (Å²) in [6, 6.07) is 0. The van der Waals surface area contributed by atoms with E-state index in [4.69, 9.17) is 9.47 Å². The minimum Gasteiger partial charge on any atom is -0.377 e. The van der Waals surface area contributed by atoms with Gasteiger partial charge < -0.3 is 19.3 Å². The van der Waals surface area contributed by atoms with Crippen LogP contribution in [0.2, 0.25) is 0 Å². The summed E-state index contributed by atoms with van der Waals surface area (Å²) in [5, 5.41) is 0. The van der Waals surface area contributed by atoms with E-state index >= 15 is 0 Å². The SMILES string of the molecule is CC(C)(C)OC1CC(OCCN2CCC(CCN3CCN(C(C)(C)C)CC3)CC2)C1. The Morgan fingerprint density at radius 2 is 1.33 bits per heavy atom. The van der Waals surface area contributed by atoms with E-state index in [2.05, 4.69) is 56.2 Å². The summed E-state index contributed by atoms with van der Waals surface area (Å²) in [5.74, 6) is 0.921. The first kappa shape index (κ1) is 24.4. The van der Waals surface area contributed by atoms with E-state index in [0.717, 1.165) is 31.9 Å². The number of piperidine rings is 1. The first-order valence-electron chi connectivity index (χ1n) is 12.6. The van der Waals surface area contributed by atoms with Gasteiger partial charge in [-0.15, -0.1) is 0 Å². The van der Waals surface area contributed by atoms with E-state index < -0.39 is 0 Å². The Morgan fingerprint density at radius 3 is 1.90 bits per heavy atom. The molecule has 5 heteroatoms. The van der Waals surface area contributed by atoms with Gasteiger partial charge in [0.25, 0.3) is 0 Å². The number of piperazine rings is 1. The quantitative estimate of drug-likeness (QED) is 0.591. The molecule has 0 atom stereocenters. The number of hydrogen-bond acceptors (Lipinski definition) is 5. The predicted molar refractivity (Wildman–Crippen MR) is 125 cm³/mol. The van der Waals surface area contributed by atoms with Crippen LogP contribution in [-0.2, 0) is 9.47 Å². The highest BCUT2D eigenvalue weighted by molar-refractivity contribution is 4.84. The van der Waals surface area contributed by atoms with E-state index in [1.807, 2.05) is 0 Å². The third-order valence-electron chi connectivity index (χ3n) is 7.21. The van der Waals surface area contributed by atoms with Crippen molar-refractivity contribution in [2.75, 3.05) is 59.0 Å². The van der Waals surface area contributed by atoms with Crippen molar-refractivity contribution < 1.29 is 9.47 Å². The average Bonchev–Trinajstić information content (AvgIpc) is 2.64. The minimum atomic E-state index is -0.0270. The summed E-state index contributed by atoms with van der Waals surface area (Å²) >= 11 is 0. The van der Waals surface area contributed by atoms with Crippen LogP contribution >= 0.6 is 0 Å². The molecule has 0 N–H and O–H groups in total. The fraction of sp³-hybridized carbons (Fsp3) is 1.00. The maximum Gasteiger partial charge on any atom is 0.0631 e. The summed E-state index contributed by atoms with van der Waals surface area (Å²) < 4.78 is 12.1. The largest absolute Gasteiger partial charge is 0.377 e. The summed E-state index contributed by atoms with van der Waals surface area (Å²) in [7, 11) is 0. The van der Waals surface area contributed by atoms with Gasteiger partial charge >= 0.3 is 0 Å². The van der Waals surface area contributed by atoms with Crippen molar-refractivity contribution in [2.24, 2.45) is 5.92 Å². The van der Waals surface area contributed by atoms with E-state index in [1.165, 1.54) is 65.1 Å². The van der Waals surface area contributed by atoms with Crippen LogP contribution in [0, 0.1) is 5.92 Å². The van der Waals surface area contributed by atoms with Crippen LogP contribution in [0.1, 0.15) is 73.6 Å². The van der Waals surface area contributed by atoms with Gasteiger partial charge in [0.15, 0.2) is 0 Å². The molecule has 0 aromatic rings. The average molecular weight is 424 g/mol. The van der Waals surface area contributed by atoms with Gasteiger partial charge in [-0.05, 0) is 99.2 Å². The van der Waals surface area contributed by atoms with Crippen molar-refractivity contribution in [3.05, 3.63) is 0 Å². The normalized spacial score (nSPS) is 28.6. The molecule has 0 aromatic heterocycles. The van der Waals surface area contributed by atoms with E-state index in [1.54, 1.807) is 0 Å². The Hall–Kier alpha value is -0.200. The van der Waals surface area contributed by atoms with Gasteiger partial charge in [-0.25, -0.2) is 0 Å². The van der Waals surface area contributed by atoms with Crippen molar-refractivity contribution in [2.45, 2.75) is 97.0 Å². The predicted octanol–water partition coefficient (Wildman–Crippen LogP) is 3.87. The minimum absolute atomic E-state index is 0.0270. The molecule has 176 valence electrons. The fourth-order valence-electron chi connectivity index (χ4n) is 5.10. The number of likely N-dealkylation sites (tertiary alicyclic amines) is 1. The van der Waals surface area contributed by atoms with Crippen molar-refractivity contribution in [1.29, 1.82) is 0 Å². The Balaban J connectivity index is 1.19. The summed E-state index contributed by atoms with van der Waals surface area (Å²) in [5.41, 5.74) is 0.296. The Morgan fingerprint density at radius 1 is 0.733 bits per heavy atom. The molecular formula is C25H49N3O2. The van der Waals surface area contributed by atoms with Gasteiger partial charge in [0.1, 0.15) is 0 Å². The molecule has 0 aromatic carbocycles. The van der Waals surface area contributed by atoms with Crippen LogP contribution in [0.3, 0.4) is 0 Å². The molecular weight excluding hydrogens is 374 g/mol. The fourth-order valence-corrected chi connectivity index (χ4v) is 5.10. The third-order valence-corrected chi connectivity index (χ3v) is 7.21. The van der Waals surface area contributed by atoms with Crippen molar-refractivity contribution >= 4 is 0 Å². The van der Waals surface area contributed by atoms with Crippen molar-refractivity contribution in [1.82, 2.24) is 14.7 Å². The number of rotatable bonds is 8. The summed E-state index contributed by atoms with van der Waals surface area (Å²) in [4.78, 5) is 7.93. The second kappa shape index (κ2) is 10.6. The van der Waals surface area contributed by atoms with E-state index in [9.17, 15) is 0 Å². The second-order valence-electron chi connectivity index (χ2n) is 11.9. The molecule has 3 rings (SSSR count). The number of nitrogens with zero attached hydrogens (tertiary/aromatic N) is 3. The topological polar surface area (TPSA) is 28.2 Å². The van der Waals surface area contributed by atoms with Crippen LogP contribution < -0.4 is 0 Å². The van der Waals surface area contributed by atoms with Gasteiger partial charge in [0.05, 0.1) is 24.4 Å². The van der Waals surface area contributed by atoms with Crippen molar-refractivity contribution in [3.8, 4) is 0 Å². The molecule has 1 saturated carbocycles. The van der Waals surface area contributed by atoms with E-state index in [0.29, 0.717) is 17.7 Å². The molecule has 30 heavy (non-hydrogen) atoms. The van der Waals surface area contributed by atoms with Crippen LogP contribution in [0.15, 0.2) is 0 Å². The molecule has 0 spiro atoms. The first-order chi connectivity index (χ1) is 14.1. The lowest BCUT2D eigenvalue weighted by Crippen LogP contribution is -2.53. The van der Waals surface area contributed by atoms with Gasteiger partial charge in [-0.2, -0.15) is 0 Å². The highest BCUT2D eigenvalue weighted by Gasteiger charge is 2.33. The molecule has 1 aliphatic carbocycles. The Kier molecular flexibility index (Phi) is 8.65. The molecule has 0 unspecified atom stereocenters. The zero-order chi connectivity index (χ0) is 21.8. The zero-order valence-corrected chi connectivity index (χ0v) is 20.8. The molecule has 0 radical (unpaired) electrons. The second-order valence-corrected chi connectivity index (χ2v) is 11.9. The highest BCUT2D eigenvalue weighted by atomic mass is 16.5. The van der Waals surface area contributed by atoms with Crippen LogP contribution in [0.5, 0.6) is 0 Å². The monoisotopic (exact) mass is 423 g/mol. The van der Waals surface area contributed by atoms with Crippen LogP contribution in [0.25, 0.3) is 0 Å². The van der Waals surface area contributed by atoms with Crippen LogP contribution in [-0.4, -0.2) is 97.0 Å². The molecule has 3 aliphatic rings. The summed E-state index contributed by atoms with van der Waals surface area (Å²) in [6.45, 7) is 24.2. The Bertz CT molecular complexity index is 492. The summed E-state index contributed by atoms with van der Waals surface area (Å²) in [6.07, 6.45) is 7.10. The third kappa shape index (κ3) is 8.05.